The van der Waals surface area contributed by atoms with Gasteiger partial charge in [0.05, 0.1) is 24.3 Å². The molecule has 0 saturated carbocycles. The lowest BCUT2D eigenvalue weighted by Gasteiger charge is -2.33. The van der Waals surface area contributed by atoms with Crippen LogP contribution in [0, 0.1) is 6.92 Å². The number of aryl methyl sites for hydroxylation is 1. The molecular formula is C25H26N2O6. The summed E-state index contributed by atoms with van der Waals surface area (Å²) in [5.74, 6) is 3.01. The predicted octanol–water partition coefficient (Wildman–Crippen LogP) is 2.82. The highest BCUT2D eigenvalue weighted by Crippen LogP contribution is 2.44. The molecule has 0 aromatic heterocycles. The normalized spacial score (nSPS) is 21.0. The van der Waals surface area contributed by atoms with Gasteiger partial charge in [0, 0.05) is 32.7 Å². The van der Waals surface area contributed by atoms with Gasteiger partial charge in [-0.15, -0.1) is 0 Å². The topological polar surface area (TPSA) is 69.7 Å². The minimum Gasteiger partial charge on any atom is -0.478 e. The summed E-state index contributed by atoms with van der Waals surface area (Å²) in [6.07, 6.45) is 1.76. The van der Waals surface area contributed by atoms with Gasteiger partial charge in [0.15, 0.2) is 17.3 Å². The number of carbonyl (C=O) groups is 1. The third-order valence-electron chi connectivity index (χ3n) is 6.52. The van der Waals surface area contributed by atoms with Crippen molar-refractivity contribution in [1.82, 2.24) is 9.80 Å². The second-order valence-corrected chi connectivity index (χ2v) is 8.71. The van der Waals surface area contributed by atoms with Gasteiger partial charge >= 0.3 is 0 Å². The maximum Gasteiger partial charge on any atom is 0.232 e. The lowest BCUT2D eigenvalue weighted by molar-refractivity contribution is 0.0239. The molecule has 0 unspecified atom stereocenters. The van der Waals surface area contributed by atoms with E-state index in [9.17, 15) is 4.79 Å². The van der Waals surface area contributed by atoms with E-state index in [1.165, 1.54) is 0 Å². The van der Waals surface area contributed by atoms with Crippen LogP contribution < -0.4 is 18.9 Å². The highest BCUT2D eigenvalue weighted by atomic mass is 16.7. The summed E-state index contributed by atoms with van der Waals surface area (Å²) in [6, 6.07) is 7.54. The molecule has 172 valence electrons. The number of benzene rings is 2. The van der Waals surface area contributed by atoms with Crippen LogP contribution in [0.1, 0.15) is 27.0 Å². The molecule has 8 heteroatoms. The minimum atomic E-state index is -0.103. The Morgan fingerprint density at radius 2 is 1.79 bits per heavy atom. The number of nitrogens with zero attached hydrogens (tertiary/aromatic N) is 2. The summed E-state index contributed by atoms with van der Waals surface area (Å²) in [5, 5.41) is 0. The number of Topliss-reactive ketones (excluding diaryl/α,β-unsaturated/α-hetero) is 1. The minimum absolute atomic E-state index is 0.103. The molecule has 0 atom stereocenters. The van der Waals surface area contributed by atoms with Gasteiger partial charge in [-0.05, 0) is 42.3 Å². The Kier molecular flexibility index (Phi) is 5.21. The molecule has 0 aliphatic carbocycles. The maximum atomic E-state index is 13.2. The molecule has 4 aliphatic heterocycles. The first kappa shape index (κ1) is 20.5. The molecular weight excluding hydrogens is 424 g/mol. The van der Waals surface area contributed by atoms with E-state index in [2.05, 4.69) is 9.80 Å². The van der Waals surface area contributed by atoms with Gasteiger partial charge in [-0.2, -0.15) is 0 Å². The van der Waals surface area contributed by atoms with Crippen molar-refractivity contribution < 1.29 is 28.5 Å². The Morgan fingerprint density at radius 3 is 2.67 bits per heavy atom. The summed E-state index contributed by atoms with van der Waals surface area (Å²) in [7, 11) is 0. The molecule has 0 amide bonds. The van der Waals surface area contributed by atoms with Crippen LogP contribution in [-0.4, -0.2) is 68.5 Å². The first-order valence-corrected chi connectivity index (χ1v) is 11.3. The monoisotopic (exact) mass is 450 g/mol. The van der Waals surface area contributed by atoms with Crippen LogP contribution in [0.4, 0.5) is 0 Å². The fraction of sp³-hybridized carbons (Fsp3) is 0.400. The van der Waals surface area contributed by atoms with Crippen molar-refractivity contribution in [2.75, 3.05) is 52.9 Å². The number of ether oxygens (including phenoxy) is 5. The Bertz CT molecular complexity index is 1140. The lowest BCUT2D eigenvalue weighted by Crippen LogP contribution is -2.43. The fourth-order valence-corrected chi connectivity index (χ4v) is 4.68. The molecule has 8 nitrogen and oxygen atoms in total. The van der Waals surface area contributed by atoms with E-state index in [0.717, 1.165) is 61.8 Å². The zero-order valence-electron chi connectivity index (χ0n) is 18.6. The molecule has 0 radical (unpaired) electrons. The second kappa shape index (κ2) is 8.37. The van der Waals surface area contributed by atoms with Crippen LogP contribution in [0.2, 0.25) is 0 Å². The molecule has 2 aromatic carbocycles. The van der Waals surface area contributed by atoms with Crippen LogP contribution >= 0.6 is 0 Å². The number of ketones is 1. The quantitative estimate of drug-likeness (QED) is 0.659. The van der Waals surface area contributed by atoms with Crippen LogP contribution in [-0.2, 0) is 11.3 Å². The summed E-state index contributed by atoms with van der Waals surface area (Å²) >= 11 is 0. The number of rotatable bonds is 4. The zero-order chi connectivity index (χ0) is 22.4. The number of carbonyl (C=O) groups excluding carboxylic acids is 1. The molecule has 4 heterocycles. The first-order chi connectivity index (χ1) is 16.2. The highest BCUT2D eigenvalue weighted by molar-refractivity contribution is 6.16. The molecule has 2 aromatic rings. The van der Waals surface area contributed by atoms with Crippen molar-refractivity contribution >= 4 is 11.9 Å². The maximum absolute atomic E-state index is 13.2. The van der Waals surface area contributed by atoms with Crippen molar-refractivity contribution in [2.45, 2.75) is 13.5 Å². The smallest absolute Gasteiger partial charge is 0.232 e. The third-order valence-corrected chi connectivity index (χ3v) is 6.52. The standard InChI is InChI=1S/C25H26N2O6/c1-16-10-20-18(13-27(14-30-20)5-4-26-6-8-29-9-7-26)25-23(16)24(28)22(33-25)12-17-2-3-19-21(11-17)32-15-31-19/h2-3,10-12H,4-9,13-15H2,1H3/b22-12-. The fourth-order valence-electron chi connectivity index (χ4n) is 4.68. The van der Waals surface area contributed by atoms with E-state index in [0.29, 0.717) is 41.8 Å². The van der Waals surface area contributed by atoms with Gasteiger partial charge in [-0.25, -0.2) is 0 Å². The molecule has 33 heavy (non-hydrogen) atoms. The van der Waals surface area contributed by atoms with E-state index in [-0.39, 0.29) is 12.6 Å². The molecule has 0 N–H and O–H groups in total. The van der Waals surface area contributed by atoms with Crippen LogP contribution in [0.25, 0.3) is 6.08 Å². The Morgan fingerprint density at radius 1 is 0.970 bits per heavy atom. The van der Waals surface area contributed by atoms with Crippen molar-refractivity contribution in [3.05, 3.63) is 52.3 Å². The largest absolute Gasteiger partial charge is 0.478 e. The van der Waals surface area contributed by atoms with Gasteiger partial charge < -0.3 is 23.7 Å². The molecule has 4 aliphatic rings. The number of hydrogen-bond donors (Lipinski definition) is 0. The van der Waals surface area contributed by atoms with E-state index < -0.39 is 0 Å². The van der Waals surface area contributed by atoms with Gasteiger partial charge in [0.1, 0.15) is 18.2 Å². The Balaban J connectivity index is 1.24. The van der Waals surface area contributed by atoms with E-state index in [1.54, 1.807) is 6.08 Å². The van der Waals surface area contributed by atoms with Crippen molar-refractivity contribution in [2.24, 2.45) is 0 Å². The zero-order valence-corrected chi connectivity index (χ0v) is 18.6. The van der Waals surface area contributed by atoms with Gasteiger partial charge in [0.2, 0.25) is 12.6 Å². The van der Waals surface area contributed by atoms with Crippen LogP contribution in [0.5, 0.6) is 23.0 Å². The van der Waals surface area contributed by atoms with Crippen molar-refractivity contribution in [1.29, 1.82) is 0 Å². The van der Waals surface area contributed by atoms with Crippen LogP contribution in [0.15, 0.2) is 30.0 Å². The number of fused-ring (bicyclic) bond motifs is 4. The summed E-state index contributed by atoms with van der Waals surface area (Å²) in [4.78, 5) is 17.9. The van der Waals surface area contributed by atoms with E-state index in [4.69, 9.17) is 23.7 Å². The highest BCUT2D eigenvalue weighted by Gasteiger charge is 2.35. The van der Waals surface area contributed by atoms with Gasteiger partial charge in [-0.1, -0.05) is 6.07 Å². The molecule has 1 saturated heterocycles. The van der Waals surface area contributed by atoms with Crippen LogP contribution in [0.3, 0.4) is 0 Å². The summed E-state index contributed by atoms with van der Waals surface area (Å²) in [5.41, 5.74) is 3.25. The molecule has 0 bridgehead atoms. The van der Waals surface area contributed by atoms with Crippen molar-refractivity contribution in [3.63, 3.8) is 0 Å². The molecule has 6 rings (SSSR count). The number of morpholine rings is 1. The van der Waals surface area contributed by atoms with E-state index in [1.807, 2.05) is 31.2 Å². The van der Waals surface area contributed by atoms with Gasteiger partial charge in [-0.3, -0.25) is 14.6 Å². The van der Waals surface area contributed by atoms with Gasteiger partial charge in [0.25, 0.3) is 0 Å². The number of allylic oxidation sites excluding steroid dienone is 1. The number of hydrogen-bond acceptors (Lipinski definition) is 8. The Hall–Kier alpha value is -3.07. The summed E-state index contributed by atoms with van der Waals surface area (Å²) < 4.78 is 28.5. The third kappa shape index (κ3) is 3.84. The average molecular weight is 450 g/mol. The lowest BCUT2D eigenvalue weighted by atomic mass is 9.98. The first-order valence-electron chi connectivity index (χ1n) is 11.3. The van der Waals surface area contributed by atoms with E-state index >= 15 is 0 Å². The average Bonchev–Trinajstić information content (AvgIpc) is 3.43. The second-order valence-electron chi connectivity index (χ2n) is 8.71. The summed E-state index contributed by atoms with van der Waals surface area (Å²) in [6.45, 7) is 8.72. The molecule has 0 spiro atoms. The molecule has 1 fully saturated rings. The van der Waals surface area contributed by atoms with Crippen molar-refractivity contribution in [3.8, 4) is 23.0 Å². The Labute approximate surface area is 192 Å². The SMILES string of the molecule is Cc1cc2c(c3c1C(=O)/C(=C/c1ccc4c(c1)OCO4)O3)CN(CCN1CCOCC1)CO2. The predicted molar refractivity (Wildman–Crippen MR) is 120 cm³/mol.